The highest BCUT2D eigenvalue weighted by Gasteiger charge is 2.32. The summed E-state index contributed by atoms with van der Waals surface area (Å²) < 4.78 is 23.6. The molecule has 1 aliphatic rings. The zero-order chi connectivity index (χ0) is 22.7. The molecule has 0 aliphatic carbocycles. The average Bonchev–Trinajstić information content (AvgIpc) is 2.79. The number of benzene rings is 3. The van der Waals surface area contributed by atoms with Crippen LogP contribution in [0.1, 0.15) is 27.0 Å². The van der Waals surface area contributed by atoms with E-state index < -0.39 is 10.4 Å². The number of fused-ring (bicyclic) bond motifs is 1. The van der Waals surface area contributed by atoms with Crippen LogP contribution in [0, 0.1) is 0 Å². The third-order valence-corrected chi connectivity index (χ3v) is 7.62. The van der Waals surface area contributed by atoms with Gasteiger partial charge in [-0.05, 0) is 51.6 Å². The lowest BCUT2D eigenvalue weighted by atomic mass is 9.99. The highest BCUT2D eigenvalue weighted by atomic mass is 32.3. The van der Waals surface area contributed by atoms with Gasteiger partial charge >= 0.3 is 10.4 Å². The predicted molar refractivity (Wildman–Crippen MR) is 128 cm³/mol. The second kappa shape index (κ2) is 9.34. The van der Waals surface area contributed by atoms with Gasteiger partial charge in [-0.3, -0.25) is 9.69 Å². The van der Waals surface area contributed by atoms with Crippen molar-refractivity contribution in [1.29, 1.82) is 0 Å². The maximum Gasteiger partial charge on any atom is 0.325 e. The van der Waals surface area contributed by atoms with Crippen LogP contribution >= 0.6 is 0 Å². The van der Waals surface area contributed by atoms with Crippen molar-refractivity contribution in [2.45, 2.75) is 24.4 Å². The molecule has 6 nitrogen and oxygen atoms in total. The minimum absolute atomic E-state index is 0.214. The Hall–Kier alpha value is -2.84. The molecule has 1 atom stereocenters. The van der Waals surface area contributed by atoms with E-state index in [-0.39, 0.29) is 5.91 Å². The van der Waals surface area contributed by atoms with E-state index in [1.54, 1.807) is 38.4 Å². The summed E-state index contributed by atoms with van der Waals surface area (Å²) in [7, 11) is -0.146. The van der Waals surface area contributed by atoms with E-state index in [1.807, 2.05) is 24.3 Å². The zero-order valence-electron chi connectivity index (χ0n) is 18.3. The monoisotopic (exact) mass is 450 g/mol. The normalized spacial score (nSPS) is 15.8. The highest BCUT2D eigenvalue weighted by Crippen LogP contribution is 2.22. The molecule has 0 spiro atoms. The van der Waals surface area contributed by atoms with E-state index >= 15 is 0 Å². The number of rotatable bonds is 6. The van der Waals surface area contributed by atoms with Crippen molar-refractivity contribution in [3.63, 3.8) is 0 Å². The Kier molecular flexibility index (Phi) is 6.53. The van der Waals surface area contributed by atoms with Gasteiger partial charge in [-0.2, -0.15) is 4.55 Å². The summed E-state index contributed by atoms with van der Waals surface area (Å²) in [5.41, 5.74) is 5.15. The number of nitrogens with zero attached hydrogens (tertiary/aromatic N) is 2. The molecule has 7 heteroatoms. The lowest BCUT2D eigenvalue weighted by molar-refractivity contribution is 0.102. The van der Waals surface area contributed by atoms with Gasteiger partial charge in [0.2, 0.25) is 4.90 Å². The molecule has 166 valence electrons. The van der Waals surface area contributed by atoms with Crippen molar-refractivity contribution in [1.82, 2.24) is 9.21 Å². The van der Waals surface area contributed by atoms with Gasteiger partial charge in [0, 0.05) is 57.1 Å². The number of hydrogen-bond acceptors (Lipinski definition) is 3. The number of nitrogens with one attached hydrogen (secondary N) is 1. The van der Waals surface area contributed by atoms with E-state index in [2.05, 4.69) is 34.5 Å². The molecule has 1 amide bonds. The molecule has 1 heterocycles. The molecule has 3 aromatic rings. The molecule has 1 aliphatic heterocycles. The molecule has 32 heavy (non-hydrogen) atoms. The molecule has 2 N–H and O–H groups in total. The van der Waals surface area contributed by atoms with Crippen LogP contribution in [0.4, 0.5) is 5.69 Å². The zero-order valence-corrected chi connectivity index (χ0v) is 19.1. The van der Waals surface area contributed by atoms with E-state index in [1.165, 1.54) is 21.0 Å². The third kappa shape index (κ3) is 4.97. The van der Waals surface area contributed by atoms with Crippen LogP contribution in [-0.2, 0) is 34.1 Å². The smallest absolute Gasteiger partial charge is 0.322 e. The lowest BCUT2D eigenvalue weighted by Gasteiger charge is -2.28. The number of amides is 1. The molecule has 0 radical (unpaired) electrons. The molecular formula is C25H28N3O3S+. The Balaban J connectivity index is 1.36. The summed E-state index contributed by atoms with van der Waals surface area (Å²) in [5.74, 6) is -0.214. The topological polar surface area (TPSA) is 72.9 Å². The first-order valence-corrected chi connectivity index (χ1v) is 12.0. The van der Waals surface area contributed by atoms with Crippen LogP contribution in [0.3, 0.4) is 0 Å². The van der Waals surface area contributed by atoms with Crippen molar-refractivity contribution < 1.29 is 13.6 Å². The Bertz CT molecular complexity index is 1140. The summed E-state index contributed by atoms with van der Waals surface area (Å²) in [4.78, 5) is 15.3. The third-order valence-electron chi connectivity index (χ3n) is 5.75. The molecule has 1 unspecified atom stereocenters. The predicted octanol–water partition coefficient (Wildman–Crippen LogP) is 4.31. The summed E-state index contributed by atoms with van der Waals surface area (Å²) in [6.07, 6.45) is 1.06. The van der Waals surface area contributed by atoms with Crippen molar-refractivity contribution in [2.75, 3.05) is 26.0 Å². The van der Waals surface area contributed by atoms with Crippen molar-refractivity contribution >= 4 is 22.0 Å². The molecule has 0 aromatic heterocycles. The standard InChI is InChI=1S/C25H27N3O3S/c1-27(2)32(30,31)24-13-11-23(12-14-24)26-25(29)21-9-7-19(8-10-21)17-28-16-15-20-5-3-4-6-22(20)18-28/h3-14H,15-18H2,1-2H3,(H-,26,29,30,31)/p+1. The van der Waals surface area contributed by atoms with Gasteiger partial charge in [0.25, 0.3) is 5.91 Å². The minimum Gasteiger partial charge on any atom is -0.322 e. The van der Waals surface area contributed by atoms with Crippen LogP contribution in [0.15, 0.2) is 77.7 Å². The van der Waals surface area contributed by atoms with Crippen molar-refractivity contribution in [2.24, 2.45) is 0 Å². The van der Waals surface area contributed by atoms with Crippen LogP contribution in [-0.4, -0.2) is 40.3 Å². The Labute approximate surface area is 190 Å². The van der Waals surface area contributed by atoms with E-state index in [4.69, 9.17) is 0 Å². The molecule has 0 saturated heterocycles. The van der Waals surface area contributed by atoms with Crippen molar-refractivity contribution in [3.8, 4) is 0 Å². The maximum atomic E-state index is 12.6. The minimum atomic E-state index is -3.24. The number of anilines is 1. The molecule has 3 aromatic carbocycles. The first-order chi connectivity index (χ1) is 15.3. The van der Waals surface area contributed by atoms with E-state index in [0.29, 0.717) is 16.1 Å². The fourth-order valence-corrected chi connectivity index (χ4v) is 4.75. The van der Waals surface area contributed by atoms with Gasteiger partial charge in [0.1, 0.15) is 0 Å². The van der Waals surface area contributed by atoms with Crippen molar-refractivity contribution in [3.05, 3.63) is 95.1 Å². The van der Waals surface area contributed by atoms with E-state index in [9.17, 15) is 13.6 Å². The summed E-state index contributed by atoms with van der Waals surface area (Å²) >= 11 is 0. The summed E-state index contributed by atoms with van der Waals surface area (Å²) in [6.45, 7) is 2.83. The van der Waals surface area contributed by atoms with Crippen LogP contribution in [0.25, 0.3) is 0 Å². The lowest BCUT2D eigenvalue weighted by Crippen LogP contribution is -2.29. The molecule has 0 fully saturated rings. The Morgan fingerprint density at radius 2 is 1.66 bits per heavy atom. The fourth-order valence-electron chi connectivity index (χ4n) is 3.84. The molecule has 0 saturated carbocycles. The van der Waals surface area contributed by atoms with Gasteiger partial charge in [0.15, 0.2) is 0 Å². The van der Waals surface area contributed by atoms with Gasteiger partial charge in [0.05, 0.1) is 0 Å². The first-order valence-electron chi connectivity index (χ1n) is 10.6. The van der Waals surface area contributed by atoms with Gasteiger partial charge in [-0.15, -0.1) is 0 Å². The number of hydrogen-bond donors (Lipinski definition) is 2. The fraction of sp³-hybridized carbons (Fsp3) is 0.240. The first kappa shape index (κ1) is 22.4. The summed E-state index contributed by atoms with van der Waals surface area (Å²) in [6, 6.07) is 22.6. The Morgan fingerprint density at radius 3 is 2.31 bits per heavy atom. The second-order valence-corrected chi connectivity index (χ2v) is 10.4. The Morgan fingerprint density at radius 1 is 1.00 bits per heavy atom. The van der Waals surface area contributed by atoms with Crippen LogP contribution in [0.2, 0.25) is 0 Å². The van der Waals surface area contributed by atoms with Gasteiger partial charge in [-0.1, -0.05) is 40.7 Å². The second-order valence-electron chi connectivity index (χ2n) is 8.21. The average molecular weight is 451 g/mol. The van der Waals surface area contributed by atoms with Crippen LogP contribution < -0.4 is 5.32 Å². The SMILES string of the molecule is CN(C)[S+](=O)(O)c1ccc(NC(=O)c2ccc(CN3CCc4ccccc4C3)cc2)cc1. The molecule has 0 bridgehead atoms. The van der Waals surface area contributed by atoms with Crippen LogP contribution in [0.5, 0.6) is 0 Å². The van der Waals surface area contributed by atoms with Gasteiger partial charge in [-0.25, -0.2) is 0 Å². The summed E-state index contributed by atoms with van der Waals surface area (Å²) in [5, 5.41) is 2.84. The number of carbonyl (C=O) groups excluding carboxylic acids is 1. The maximum absolute atomic E-state index is 12.6. The number of carbonyl (C=O) groups is 1. The van der Waals surface area contributed by atoms with E-state index in [0.717, 1.165) is 26.1 Å². The molecular weight excluding hydrogens is 422 g/mol. The highest BCUT2D eigenvalue weighted by molar-refractivity contribution is 7.95. The largest absolute Gasteiger partial charge is 0.325 e. The quantitative estimate of drug-likeness (QED) is 0.549. The van der Waals surface area contributed by atoms with Gasteiger partial charge < -0.3 is 5.32 Å². The molecule has 4 rings (SSSR count).